The highest BCUT2D eigenvalue weighted by Crippen LogP contribution is 2.34. The molecule has 126 valence electrons. The maximum atomic E-state index is 12.9. The monoisotopic (exact) mass is 347 g/mol. The number of hydrogen-bond acceptors (Lipinski definition) is 3. The molecule has 0 radical (unpaired) electrons. The number of aliphatic carboxylic acids is 1. The fraction of sp³-hybridized carbons (Fsp3) is 0.353. The van der Waals surface area contributed by atoms with E-state index in [1.165, 1.54) is 0 Å². The molecule has 1 saturated heterocycles. The normalized spacial score (nSPS) is 20.4. The van der Waals surface area contributed by atoms with Crippen molar-refractivity contribution < 1.29 is 14.7 Å². The molecule has 1 N–H and O–H groups in total. The minimum absolute atomic E-state index is 0.192. The largest absolute Gasteiger partial charge is 0.481 e. The van der Waals surface area contributed by atoms with Crippen LogP contribution in [0.5, 0.6) is 0 Å². The van der Waals surface area contributed by atoms with E-state index in [9.17, 15) is 14.7 Å². The lowest BCUT2D eigenvalue weighted by Gasteiger charge is -2.20. The molecule has 24 heavy (non-hydrogen) atoms. The predicted molar refractivity (Wildman–Crippen MR) is 89.9 cm³/mol. The van der Waals surface area contributed by atoms with Crippen molar-refractivity contribution in [2.75, 3.05) is 13.1 Å². The topological polar surface area (TPSA) is 75.4 Å². The van der Waals surface area contributed by atoms with Crippen molar-refractivity contribution in [3.8, 4) is 11.3 Å². The number of rotatable bonds is 3. The zero-order chi connectivity index (χ0) is 17.5. The van der Waals surface area contributed by atoms with Crippen LogP contribution in [0, 0.1) is 5.41 Å². The quantitative estimate of drug-likeness (QED) is 0.926. The molecule has 1 amide bonds. The highest BCUT2D eigenvalue weighted by molar-refractivity contribution is 6.33. The van der Waals surface area contributed by atoms with E-state index in [-0.39, 0.29) is 12.5 Å². The molecular formula is C17H18ClN3O3. The van der Waals surface area contributed by atoms with Crippen LogP contribution >= 0.6 is 11.6 Å². The number of halogens is 1. The summed E-state index contributed by atoms with van der Waals surface area (Å²) in [6.07, 6.45) is 2.09. The standard InChI is InChI=1S/C17H18ClN3O3/c1-17(16(23)24)7-8-21(10-17)15(22)12-9-20(2)19-14(12)11-5-3-4-6-13(11)18/h3-6,9H,7-8,10H2,1-2H3,(H,23,24). The van der Waals surface area contributed by atoms with Crippen molar-refractivity contribution in [3.63, 3.8) is 0 Å². The van der Waals surface area contributed by atoms with Crippen molar-refractivity contribution >= 4 is 23.5 Å². The van der Waals surface area contributed by atoms with Crippen molar-refractivity contribution in [2.24, 2.45) is 12.5 Å². The van der Waals surface area contributed by atoms with Gasteiger partial charge in [-0.3, -0.25) is 14.3 Å². The van der Waals surface area contributed by atoms with Gasteiger partial charge in [0, 0.05) is 31.9 Å². The van der Waals surface area contributed by atoms with Crippen LogP contribution in [0.15, 0.2) is 30.5 Å². The smallest absolute Gasteiger partial charge is 0.311 e. The fourth-order valence-corrected chi connectivity index (χ4v) is 3.20. The first-order valence-electron chi connectivity index (χ1n) is 7.63. The van der Waals surface area contributed by atoms with Gasteiger partial charge in [-0.1, -0.05) is 29.8 Å². The van der Waals surface area contributed by atoms with Crippen molar-refractivity contribution in [1.82, 2.24) is 14.7 Å². The van der Waals surface area contributed by atoms with Crippen LogP contribution < -0.4 is 0 Å². The van der Waals surface area contributed by atoms with Crippen molar-refractivity contribution in [3.05, 3.63) is 41.0 Å². The summed E-state index contributed by atoms with van der Waals surface area (Å²) < 4.78 is 1.57. The van der Waals surface area contributed by atoms with E-state index in [0.717, 1.165) is 0 Å². The maximum absolute atomic E-state index is 12.9. The molecule has 1 atom stereocenters. The molecular weight excluding hydrogens is 330 g/mol. The molecule has 3 rings (SSSR count). The summed E-state index contributed by atoms with van der Waals surface area (Å²) in [6, 6.07) is 7.21. The van der Waals surface area contributed by atoms with Gasteiger partial charge in [-0.2, -0.15) is 5.10 Å². The summed E-state index contributed by atoms with van der Waals surface area (Å²) in [6.45, 7) is 2.28. The number of benzene rings is 1. The average Bonchev–Trinajstić information content (AvgIpc) is 3.11. The van der Waals surface area contributed by atoms with Crippen LogP contribution in [0.2, 0.25) is 5.02 Å². The van der Waals surface area contributed by atoms with E-state index in [2.05, 4.69) is 5.10 Å². The number of aryl methyl sites for hydroxylation is 1. The number of carbonyl (C=O) groups excluding carboxylic acids is 1. The van der Waals surface area contributed by atoms with E-state index < -0.39 is 11.4 Å². The second-order valence-electron chi connectivity index (χ2n) is 6.39. The third-order valence-electron chi connectivity index (χ3n) is 4.47. The molecule has 2 heterocycles. The average molecular weight is 348 g/mol. The summed E-state index contributed by atoms with van der Waals surface area (Å²) in [5, 5.41) is 14.2. The van der Waals surface area contributed by atoms with E-state index in [4.69, 9.17) is 11.6 Å². The Balaban J connectivity index is 1.95. The predicted octanol–water partition coefficient (Wildman–Crippen LogP) is 2.68. The number of amides is 1. The van der Waals surface area contributed by atoms with Crippen LogP contribution in [-0.4, -0.2) is 44.8 Å². The fourth-order valence-electron chi connectivity index (χ4n) is 2.98. The van der Waals surface area contributed by atoms with E-state index in [0.29, 0.717) is 34.8 Å². The highest BCUT2D eigenvalue weighted by Gasteiger charge is 2.42. The third-order valence-corrected chi connectivity index (χ3v) is 4.79. The molecule has 2 aromatic rings. The highest BCUT2D eigenvalue weighted by atomic mass is 35.5. The molecule has 0 aliphatic carbocycles. The number of carboxylic acid groups (broad SMARTS) is 1. The lowest BCUT2D eigenvalue weighted by atomic mass is 9.90. The molecule has 0 spiro atoms. The Morgan fingerprint density at radius 2 is 2.04 bits per heavy atom. The Morgan fingerprint density at radius 3 is 2.67 bits per heavy atom. The Bertz CT molecular complexity index is 817. The zero-order valence-electron chi connectivity index (χ0n) is 13.5. The second-order valence-corrected chi connectivity index (χ2v) is 6.79. The number of aromatic nitrogens is 2. The second kappa shape index (κ2) is 5.94. The van der Waals surface area contributed by atoms with Crippen molar-refractivity contribution in [1.29, 1.82) is 0 Å². The number of nitrogens with zero attached hydrogens (tertiary/aromatic N) is 3. The van der Waals surface area contributed by atoms with Gasteiger partial charge >= 0.3 is 5.97 Å². The van der Waals surface area contributed by atoms with Gasteiger partial charge in [0.05, 0.1) is 16.0 Å². The molecule has 7 heteroatoms. The number of likely N-dealkylation sites (tertiary alicyclic amines) is 1. The van der Waals surface area contributed by atoms with Gasteiger partial charge in [0.1, 0.15) is 5.69 Å². The van der Waals surface area contributed by atoms with Crippen LogP contribution in [0.1, 0.15) is 23.7 Å². The first-order valence-corrected chi connectivity index (χ1v) is 8.01. The molecule has 1 aromatic heterocycles. The van der Waals surface area contributed by atoms with Crippen molar-refractivity contribution in [2.45, 2.75) is 13.3 Å². The van der Waals surface area contributed by atoms with Gasteiger partial charge in [-0.05, 0) is 19.4 Å². The van der Waals surface area contributed by atoms with Gasteiger partial charge in [-0.15, -0.1) is 0 Å². The summed E-state index contributed by atoms with van der Waals surface area (Å²) in [5.74, 6) is -1.10. The van der Waals surface area contributed by atoms with E-state index >= 15 is 0 Å². The Kier molecular flexibility index (Phi) is 4.09. The molecule has 1 aromatic carbocycles. The van der Waals surface area contributed by atoms with Crippen LogP contribution in [-0.2, 0) is 11.8 Å². The van der Waals surface area contributed by atoms with Crippen LogP contribution in [0.25, 0.3) is 11.3 Å². The number of carboxylic acids is 1. The molecule has 0 bridgehead atoms. The van der Waals surface area contributed by atoms with E-state index in [1.807, 2.05) is 18.2 Å². The Hall–Kier alpha value is -2.34. The van der Waals surface area contributed by atoms with Crippen LogP contribution in [0.3, 0.4) is 0 Å². The molecule has 1 aliphatic rings. The molecule has 1 unspecified atom stereocenters. The first-order chi connectivity index (χ1) is 11.3. The lowest BCUT2D eigenvalue weighted by molar-refractivity contribution is -0.147. The summed E-state index contributed by atoms with van der Waals surface area (Å²) in [7, 11) is 1.74. The molecule has 1 aliphatic heterocycles. The summed E-state index contributed by atoms with van der Waals surface area (Å²) in [4.78, 5) is 25.9. The van der Waals surface area contributed by atoms with E-state index in [1.54, 1.807) is 35.8 Å². The molecule has 6 nitrogen and oxygen atoms in total. The molecule has 0 saturated carbocycles. The molecule has 1 fully saturated rings. The first kappa shape index (κ1) is 16.5. The van der Waals surface area contributed by atoms with Gasteiger partial charge in [0.2, 0.25) is 0 Å². The minimum atomic E-state index is -0.900. The van der Waals surface area contributed by atoms with Gasteiger partial charge in [0.15, 0.2) is 0 Å². The van der Waals surface area contributed by atoms with Gasteiger partial charge in [-0.25, -0.2) is 0 Å². The Labute approximate surface area is 144 Å². The van der Waals surface area contributed by atoms with Crippen LogP contribution in [0.4, 0.5) is 0 Å². The summed E-state index contributed by atoms with van der Waals surface area (Å²) >= 11 is 6.24. The van der Waals surface area contributed by atoms with Gasteiger partial charge < -0.3 is 10.0 Å². The number of hydrogen-bond donors (Lipinski definition) is 1. The minimum Gasteiger partial charge on any atom is -0.481 e. The van der Waals surface area contributed by atoms with Gasteiger partial charge in [0.25, 0.3) is 5.91 Å². The Morgan fingerprint density at radius 1 is 1.33 bits per heavy atom. The number of carbonyl (C=O) groups is 2. The third kappa shape index (κ3) is 2.78. The summed E-state index contributed by atoms with van der Waals surface area (Å²) in [5.41, 5.74) is 0.725. The lowest BCUT2D eigenvalue weighted by Crippen LogP contribution is -2.34. The SMILES string of the molecule is Cn1cc(C(=O)N2CCC(C)(C(=O)O)C2)c(-c2ccccc2Cl)n1. The zero-order valence-corrected chi connectivity index (χ0v) is 14.2. The maximum Gasteiger partial charge on any atom is 0.311 e.